The summed E-state index contributed by atoms with van der Waals surface area (Å²) in [5.41, 5.74) is 6.15. The molecule has 170 valence electrons. The number of aromatic amines is 1. The number of ether oxygens (including phenoxy) is 2. The molecule has 1 amide bonds. The van der Waals surface area contributed by atoms with Crippen molar-refractivity contribution < 1.29 is 14.3 Å². The highest BCUT2D eigenvalue weighted by Gasteiger charge is 2.13. The zero-order valence-corrected chi connectivity index (χ0v) is 18.6. The minimum Gasteiger partial charge on any atom is -0.496 e. The van der Waals surface area contributed by atoms with E-state index in [2.05, 4.69) is 20.7 Å². The fourth-order valence-corrected chi connectivity index (χ4v) is 3.27. The van der Waals surface area contributed by atoms with E-state index in [1.807, 2.05) is 84.9 Å². The first-order valence-corrected chi connectivity index (χ1v) is 10.7. The molecule has 2 N–H and O–H groups in total. The van der Waals surface area contributed by atoms with Crippen LogP contribution in [0, 0.1) is 0 Å². The number of nitrogens with zero attached hydrogens (tertiary/aromatic N) is 2. The van der Waals surface area contributed by atoms with Crippen molar-refractivity contribution in [2.24, 2.45) is 5.10 Å². The lowest BCUT2D eigenvalue weighted by atomic mass is 10.1. The zero-order valence-electron chi connectivity index (χ0n) is 18.6. The number of methoxy groups -OCH3 is 1. The summed E-state index contributed by atoms with van der Waals surface area (Å²) in [5, 5.41) is 11.0. The number of allylic oxidation sites excluding steroid dienone is 1. The van der Waals surface area contributed by atoms with Crippen LogP contribution >= 0.6 is 0 Å². The Balaban J connectivity index is 1.38. The number of para-hydroxylation sites is 2. The average molecular weight is 453 g/mol. The van der Waals surface area contributed by atoms with Crippen molar-refractivity contribution in [3.05, 3.63) is 108 Å². The molecule has 0 aliphatic rings. The summed E-state index contributed by atoms with van der Waals surface area (Å²) in [6.07, 6.45) is 5.06. The molecule has 4 aromatic rings. The Morgan fingerprint density at radius 1 is 1.00 bits per heavy atom. The van der Waals surface area contributed by atoms with Gasteiger partial charge in [-0.3, -0.25) is 9.89 Å². The molecule has 0 aliphatic carbocycles. The van der Waals surface area contributed by atoms with Crippen LogP contribution in [0.5, 0.6) is 11.5 Å². The smallest absolute Gasteiger partial charge is 0.289 e. The first-order chi connectivity index (χ1) is 16.7. The predicted octanol–water partition coefficient (Wildman–Crippen LogP) is 5.09. The molecule has 0 atom stereocenters. The van der Waals surface area contributed by atoms with Crippen molar-refractivity contribution in [3.8, 4) is 22.8 Å². The van der Waals surface area contributed by atoms with Crippen LogP contribution in [0.2, 0.25) is 0 Å². The predicted molar refractivity (Wildman–Crippen MR) is 133 cm³/mol. The van der Waals surface area contributed by atoms with E-state index in [1.54, 1.807) is 19.3 Å². The van der Waals surface area contributed by atoms with Crippen LogP contribution in [0.15, 0.2) is 96.1 Å². The van der Waals surface area contributed by atoms with Crippen molar-refractivity contribution in [3.63, 3.8) is 0 Å². The van der Waals surface area contributed by atoms with E-state index in [1.165, 1.54) is 6.21 Å². The van der Waals surface area contributed by atoms with E-state index in [0.717, 1.165) is 22.4 Å². The molecule has 0 fully saturated rings. The van der Waals surface area contributed by atoms with E-state index in [9.17, 15) is 4.79 Å². The standard InChI is InChI=1S/C27H24N4O3/c1-33-25-15-7-5-12-21(25)13-9-17-28-31-27(32)24-18-23(29-30-24)22-14-6-8-16-26(22)34-19-20-10-3-2-4-11-20/h2-18H,19H2,1H3,(H,29,30)(H,31,32). The summed E-state index contributed by atoms with van der Waals surface area (Å²) in [5.74, 6) is 1.04. The van der Waals surface area contributed by atoms with Crippen molar-refractivity contribution >= 4 is 18.2 Å². The van der Waals surface area contributed by atoms with Gasteiger partial charge in [0.05, 0.1) is 12.8 Å². The van der Waals surface area contributed by atoms with Crippen molar-refractivity contribution in [2.45, 2.75) is 6.61 Å². The van der Waals surface area contributed by atoms with Gasteiger partial charge in [0.2, 0.25) is 0 Å². The monoisotopic (exact) mass is 452 g/mol. The van der Waals surface area contributed by atoms with Gasteiger partial charge in [-0.25, -0.2) is 5.43 Å². The summed E-state index contributed by atoms with van der Waals surface area (Å²) in [6.45, 7) is 0.437. The van der Waals surface area contributed by atoms with Gasteiger partial charge >= 0.3 is 0 Å². The zero-order chi connectivity index (χ0) is 23.6. The second-order valence-corrected chi connectivity index (χ2v) is 7.26. The minimum absolute atomic E-state index is 0.290. The van der Waals surface area contributed by atoms with Gasteiger partial charge in [0.1, 0.15) is 23.8 Å². The van der Waals surface area contributed by atoms with Crippen molar-refractivity contribution in [2.75, 3.05) is 7.11 Å². The van der Waals surface area contributed by atoms with Crippen LogP contribution in [0.3, 0.4) is 0 Å². The molecule has 0 aliphatic heterocycles. The number of aromatic nitrogens is 2. The van der Waals surface area contributed by atoms with Crippen LogP contribution in [-0.2, 0) is 6.61 Å². The first kappa shape index (κ1) is 22.5. The van der Waals surface area contributed by atoms with Gasteiger partial charge in [-0.05, 0) is 42.0 Å². The highest BCUT2D eigenvalue weighted by molar-refractivity contribution is 5.94. The van der Waals surface area contributed by atoms with Gasteiger partial charge in [0.25, 0.3) is 5.91 Å². The number of rotatable bonds is 9. The summed E-state index contributed by atoms with van der Waals surface area (Å²) >= 11 is 0. The number of hydrogen-bond acceptors (Lipinski definition) is 5. The third-order valence-corrected chi connectivity index (χ3v) is 4.96. The molecule has 7 nitrogen and oxygen atoms in total. The summed E-state index contributed by atoms with van der Waals surface area (Å²) in [7, 11) is 1.62. The van der Waals surface area contributed by atoms with E-state index in [-0.39, 0.29) is 0 Å². The highest BCUT2D eigenvalue weighted by Crippen LogP contribution is 2.29. The molecule has 0 saturated carbocycles. The van der Waals surface area contributed by atoms with Crippen molar-refractivity contribution in [1.82, 2.24) is 15.6 Å². The summed E-state index contributed by atoms with van der Waals surface area (Å²) in [4.78, 5) is 12.4. The largest absolute Gasteiger partial charge is 0.496 e. The molecule has 0 unspecified atom stereocenters. The minimum atomic E-state index is -0.400. The number of carbonyl (C=O) groups excluding carboxylic acids is 1. The first-order valence-electron chi connectivity index (χ1n) is 10.7. The Bertz CT molecular complexity index is 1300. The number of nitrogens with one attached hydrogen (secondary N) is 2. The van der Waals surface area contributed by atoms with Gasteiger partial charge in [-0.15, -0.1) is 0 Å². The normalized spacial score (nSPS) is 11.1. The molecular formula is C27H24N4O3. The maximum Gasteiger partial charge on any atom is 0.289 e. The van der Waals surface area contributed by atoms with Crippen LogP contribution < -0.4 is 14.9 Å². The third-order valence-electron chi connectivity index (χ3n) is 4.96. The fourth-order valence-electron chi connectivity index (χ4n) is 3.27. The lowest BCUT2D eigenvalue weighted by molar-refractivity contribution is 0.0950. The Morgan fingerprint density at radius 2 is 1.74 bits per heavy atom. The number of amides is 1. The van der Waals surface area contributed by atoms with Crippen LogP contribution in [0.4, 0.5) is 0 Å². The second-order valence-electron chi connectivity index (χ2n) is 7.26. The molecule has 0 bridgehead atoms. The van der Waals surface area contributed by atoms with E-state index < -0.39 is 5.91 Å². The highest BCUT2D eigenvalue weighted by atomic mass is 16.5. The third kappa shape index (κ3) is 5.77. The molecular weight excluding hydrogens is 428 g/mol. The molecule has 1 heterocycles. The Hall–Kier alpha value is -4.65. The van der Waals surface area contributed by atoms with Gasteiger partial charge in [-0.1, -0.05) is 60.7 Å². The number of benzene rings is 3. The van der Waals surface area contributed by atoms with Gasteiger partial charge in [0.15, 0.2) is 0 Å². The Kier molecular flexibility index (Phi) is 7.48. The quantitative estimate of drug-likeness (QED) is 0.273. The summed E-state index contributed by atoms with van der Waals surface area (Å²) in [6, 6.07) is 26.8. The topological polar surface area (TPSA) is 88.6 Å². The van der Waals surface area contributed by atoms with Gasteiger partial charge in [-0.2, -0.15) is 10.2 Å². The molecule has 1 aromatic heterocycles. The molecule has 0 spiro atoms. The number of H-pyrrole nitrogens is 1. The van der Waals surface area contributed by atoms with Crippen molar-refractivity contribution in [1.29, 1.82) is 0 Å². The van der Waals surface area contributed by atoms with Crippen LogP contribution in [-0.4, -0.2) is 29.4 Å². The maximum atomic E-state index is 12.4. The second kappa shape index (κ2) is 11.3. The van der Waals surface area contributed by atoms with Gasteiger partial charge in [0, 0.05) is 17.3 Å². The van der Waals surface area contributed by atoms with Crippen LogP contribution in [0.25, 0.3) is 17.3 Å². The number of carbonyl (C=O) groups is 1. The van der Waals surface area contributed by atoms with Crippen LogP contribution in [0.1, 0.15) is 21.6 Å². The summed E-state index contributed by atoms with van der Waals surface area (Å²) < 4.78 is 11.3. The Morgan fingerprint density at radius 3 is 2.56 bits per heavy atom. The Labute approximate surface area is 197 Å². The molecule has 0 saturated heterocycles. The van der Waals surface area contributed by atoms with E-state index >= 15 is 0 Å². The van der Waals surface area contributed by atoms with E-state index in [4.69, 9.17) is 9.47 Å². The lowest BCUT2D eigenvalue weighted by Gasteiger charge is -2.10. The SMILES string of the molecule is COc1ccccc1C=CC=NNC(=O)c1cc(-c2ccccc2OCc2ccccc2)n[nH]1. The van der Waals surface area contributed by atoms with E-state index in [0.29, 0.717) is 23.7 Å². The molecule has 3 aromatic carbocycles. The average Bonchev–Trinajstić information content (AvgIpc) is 3.38. The fraction of sp³-hybridized carbons (Fsp3) is 0.0741. The molecule has 7 heteroatoms. The number of hydrazone groups is 1. The molecule has 4 rings (SSSR count). The lowest BCUT2D eigenvalue weighted by Crippen LogP contribution is -2.17. The molecule has 34 heavy (non-hydrogen) atoms. The maximum absolute atomic E-state index is 12.4. The molecule has 0 radical (unpaired) electrons. The number of hydrogen-bond donors (Lipinski definition) is 2. The van der Waals surface area contributed by atoms with Gasteiger partial charge < -0.3 is 9.47 Å².